The fourth-order valence-electron chi connectivity index (χ4n) is 2.14. The maximum Gasteiger partial charge on any atom is 0.255 e. The summed E-state index contributed by atoms with van der Waals surface area (Å²) >= 11 is 12.3. The highest BCUT2D eigenvalue weighted by Crippen LogP contribution is 2.36. The third-order valence-electron chi connectivity index (χ3n) is 3.25. The second kappa shape index (κ2) is 10.4. The van der Waals surface area contributed by atoms with Gasteiger partial charge in [0.1, 0.15) is 0 Å². The first-order chi connectivity index (χ1) is 11.5. The van der Waals surface area contributed by atoms with Crippen LogP contribution in [0.5, 0.6) is 11.5 Å². The molecule has 2 aromatic rings. The van der Waals surface area contributed by atoms with Crippen molar-refractivity contribution in [3.63, 3.8) is 0 Å². The number of carbonyl (C=O) groups is 1. The number of nitrogens with two attached hydrogens (primary N) is 1. The number of hydrogen-bond donors (Lipinski definition) is 2. The second-order valence-corrected chi connectivity index (χ2v) is 5.87. The number of amides is 1. The molecule has 0 spiro atoms. The first-order valence-corrected chi connectivity index (χ1v) is 7.98. The molecule has 0 saturated carbocycles. The number of benzene rings is 2. The van der Waals surface area contributed by atoms with Gasteiger partial charge in [0.05, 0.1) is 12.1 Å². The van der Waals surface area contributed by atoms with E-state index in [9.17, 15) is 4.79 Å². The van der Waals surface area contributed by atoms with E-state index in [4.69, 9.17) is 38.4 Å². The van der Waals surface area contributed by atoms with Crippen molar-refractivity contribution >= 4 is 41.5 Å². The Balaban J connectivity index is 0.00000312. The summed E-state index contributed by atoms with van der Waals surface area (Å²) in [4.78, 5) is 10.8. The van der Waals surface area contributed by atoms with Gasteiger partial charge in [-0.25, -0.2) is 0 Å². The van der Waals surface area contributed by atoms with Gasteiger partial charge in [0.15, 0.2) is 18.1 Å². The lowest BCUT2D eigenvalue weighted by Crippen LogP contribution is -2.20. The molecule has 3 N–H and O–H groups in total. The van der Waals surface area contributed by atoms with Gasteiger partial charge >= 0.3 is 0 Å². The van der Waals surface area contributed by atoms with Crippen LogP contribution in [0.2, 0.25) is 10.0 Å². The first kappa shape index (κ1) is 21.4. The Kier molecular flexibility index (Phi) is 8.86. The Morgan fingerprint density at radius 1 is 1.16 bits per heavy atom. The predicted molar refractivity (Wildman–Crippen MR) is 102 cm³/mol. The molecule has 0 radical (unpaired) electrons. The average molecular weight is 406 g/mol. The van der Waals surface area contributed by atoms with Crippen molar-refractivity contribution in [2.45, 2.75) is 13.1 Å². The first-order valence-electron chi connectivity index (χ1n) is 7.23. The molecule has 0 atom stereocenters. The molecule has 0 aliphatic rings. The van der Waals surface area contributed by atoms with Crippen molar-refractivity contribution in [1.82, 2.24) is 5.32 Å². The van der Waals surface area contributed by atoms with Crippen LogP contribution in [0.3, 0.4) is 0 Å². The van der Waals surface area contributed by atoms with Gasteiger partial charge in [-0.05, 0) is 29.3 Å². The molecule has 0 unspecified atom stereocenters. The Bertz CT molecular complexity index is 726. The van der Waals surface area contributed by atoms with Crippen LogP contribution >= 0.6 is 35.6 Å². The molecule has 0 saturated heterocycles. The van der Waals surface area contributed by atoms with Crippen LogP contribution in [0.15, 0.2) is 36.4 Å². The van der Waals surface area contributed by atoms with Gasteiger partial charge in [0.2, 0.25) is 0 Å². The third kappa shape index (κ3) is 6.29. The lowest BCUT2D eigenvalue weighted by atomic mass is 10.2. The smallest absolute Gasteiger partial charge is 0.255 e. The van der Waals surface area contributed by atoms with Crippen LogP contribution in [0.1, 0.15) is 11.1 Å². The molecule has 0 aromatic heterocycles. The van der Waals surface area contributed by atoms with Crippen molar-refractivity contribution in [1.29, 1.82) is 0 Å². The van der Waals surface area contributed by atoms with Crippen LogP contribution in [-0.2, 0) is 17.9 Å². The van der Waals surface area contributed by atoms with E-state index in [1.54, 1.807) is 12.1 Å². The number of methoxy groups -OCH3 is 1. The van der Waals surface area contributed by atoms with Crippen molar-refractivity contribution in [3.05, 3.63) is 57.6 Å². The highest BCUT2D eigenvalue weighted by atomic mass is 35.5. The van der Waals surface area contributed by atoms with Gasteiger partial charge < -0.3 is 20.5 Å². The lowest BCUT2D eigenvalue weighted by Gasteiger charge is -2.14. The zero-order valence-corrected chi connectivity index (χ0v) is 15.9. The van der Waals surface area contributed by atoms with E-state index in [-0.39, 0.29) is 19.0 Å². The normalized spacial score (nSPS) is 10.0. The molecule has 136 valence electrons. The summed E-state index contributed by atoms with van der Waals surface area (Å²) in [6, 6.07) is 11.2. The minimum Gasteiger partial charge on any atom is -0.493 e. The number of primary amides is 1. The summed E-state index contributed by atoms with van der Waals surface area (Å²) in [5.74, 6) is 0.157. The van der Waals surface area contributed by atoms with E-state index in [0.717, 1.165) is 16.1 Å². The zero-order valence-electron chi connectivity index (χ0n) is 13.6. The van der Waals surface area contributed by atoms with Gasteiger partial charge in [0, 0.05) is 18.1 Å². The molecule has 25 heavy (non-hydrogen) atoms. The van der Waals surface area contributed by atoms with Crippen molar-refractivity contribution in [3.8, 4) is 11.5 Å². The van der Waals surface area contributed by atoms with Crippen LogP contribution in [0.25, 0.3) is 0 Å². The molecule has 0 heterocycles. The molecule has 0 aliphatic carbocycles. The summed E-state index contributed by atoms with van der Waals surface area (Å²) in [6.45, 7) is 0.928. The zero-order chi connectivity index (χ0) is 17.5. The van der Waals surface area contributed by atoms with Gasteiger partial charge in [0.25, 0.3) is 5.91 Å². The molecule has 0 fully saturated rings. The SMILES string of the molecule is COc1cc(CNCc2ccccc2Cl)cc(Cl)c1OCC(N)=O.Cl. The molecular formula is C17H19Cl3N2O3. The second-order valence-electron chi connectivity index (χ2n) is 5.06. The third-order valence-corrected chi connectivity index (χ3v) is 3.90. The molecule has 8 heteroatoms. The Morgan fingerprint density at radius 2 is 1.88 bits per heavy atom. The largest absolute Gasteiger partial charge is 0.493 e. The topological polar surface area (TPSA) is 73.6 Å². The number of hydrogen-bond acceptors (Lipinski definition) is 4. The highest BCUT2D eigenvalue weighted by molar-refractivity contribution is 6.32. The summed E-state index contributed by atoms with van der Waals surface area (Å²) in [7, 11) is 1.50. The van der Waals surface area contributed by atoms with E-state index >= 15 is 0 Å². The molecule has 2 rings (SSSR count). The van der Waals surface area contributed by atoms with Crippen molar-refractivity contribution in [2.75, 3.05) is 13.7 Å². The Labute approximate surface area is 162 Å². The maximum absolute atomic E-state index is 10.8. The molecule has 0 bridgehead atoms. The molecule has 0 aliphatic heterocycles. The molecule has 1 amide bonds. The minimum absolute atomic E-state index is 0. The van der Waals surface area contributed by atoms with Crippen LogP contribution in [0, 0.1) is 0 Å². The number of halogens is 3. The number of ether oxygens (including phenoxy) is 2. The fraction of sp³-hybridized carbons (Fsp3) is 0.235. The van der Waals surface area contributed by atoms with Gasteiger partial charge in [-0.1, -0.05) is 41.4 Å². The van der Waals surface area contributed by atoms with Gasteiger partial charge in [-0.3, -0.25) is 4.79 Å². The quantitative estimate of drug-likeness (QED) is 0.704. The average Bonchev–Trinajstić information content (AvgIpc) is 2.55. The summed E-state index contributed by atoms with van der Waals surface area (Å²) in [5, 5.41) is 4.36. The van der Waals surface area contributed by atoms with Crippen LogP contribution in [-0.4, -0.2) is 19.6 Å². The number of rotatable bonds is 8. The number of nitrogens with one attached hydrogen (secondary N) is 1. The van der Waals surface area contributed by atoms with Crippen molar-refractivity contribution < 1.29 is 14.3 Å². The lowest BCUT2D eigenvalue weighted by molar-refractivity contribution is -0.119. The van der Waals surface area contributed by atoms with Crippen molar-refractivity contribution in [2.24, 2.45) is 5.73 Å². The summed E-state index contributed by atoms with van der Waals surface area (Å²) < 4.78 is 10.6. The number of carbonyl (C=O) groups excluding carboxylic acids is 1. The Hall–Kier alpha value is -1.66. The summed E-state index contributed by atoms with van der Waals surface area (Å²) in [6.07, 6.45) is 0. The summed E-state index contributed by atoms with van der Waals surface area (Å²) in [5.41, 5.74) is 7.00. The Morgan fingerprint density at radius 3 is 2.52 bits per heavy atom. The maximum atomic E-state index is 10.8. The molecule has 5 nitrogen and oxygen atoms in total. The van der Waals surface area contributed by atoms with E-state index in [1.165, 1.54) is 7.11 Å². The standard InChI is InChI=1S/C17H18Cl2N2O3.ClH/c1-23-15-7-11(6-14(19)17(15)24-10-16(20)22)8-21-9-12-4-2-3-5-13(12)18;/h2-7,21H,8-10H2,1H3,(H2,20,22);1H. The predicted octanol–water partition coefficient (Wildman–Crippen LogP) is 3.58. The van der Waals surface area contributed by atoms with Gasteiger partial charge in [-0.2, -0.15) is 0 Å². The van der Waals surface area contributed by atoms with Gasteiger partial charge in [-0.15, -0.1) is 12.4 Å². The van der Waals surface area contributed by atoms with E-state index < -0.39 is 5.91 Å². The monoisotopic (exact) mass is 404 g/mol. The van der Waals surface area contributed by atoms with Crippen LogP contribution < -0.4 is 20.5 Å². The van der Waals surface area contributed by atoms with Crippen LogP contribution in [0.4, 0.5) is 0 Å². The molecule has 2 aromatic carbocycles. The van der Waals surface area contributed by atoms with E-state index in [2.05, 4.69) is 5.32 Å². The van der Waals surface area contributed by atoms with E-state index in [1.807, 2.05) is 24.3 Å². The minimum atomic E-state index is -0.585. The van der Waals surface area contributed by atoms with E-state index in [0.29, 0.717) is 29.6 Å². The fourth-order valence-corrected chi connectivity index (χ4v) is 2.63. The molecular weight excluding hydrogens is 387 g/mol. The highest BCUT2D eigenvalue weighted by Gasteiger charge is 2.13.